The minimum Gasteiger partial charge on any atom is -0.465 e. The van der Waals surface area contributed by atoms with E-state index in [2.05, 4.69) is 12.2 Å². The van der Waals surface area contributed by atoms with Gasteiger partial charge in [-0.1, -0.05) is 115 Å². The third-order valence-electron chi connectivity index (χ3n) is 5.31. The second kappa shape index (κ2) is 16.6. The van der Waals surface area contributed by atoms with Crippen molar-refractivity contribution in [1.29, 1.82) is 0 Å². The van der Waals surface area contributed by atoms with Crippen molar-refractivity contribution in [3.8, 4) is 0 Å². The summed E-state index contributed by atoms with van der Waals surface area (Å²) in [5.74, 6) is 0. The second-order valence-electron chi connectivity index (χ2n) is 7.79. The average Bonchev–Trinajstić information content (AvgIpc) is 2.65. The highest BCUT2D eigenvalue weighted by Gasteiger charge is 2.04. The van der Waals surface area contributed by atoms with Crippen LogP contribution in [0, 0.1) is 0 Å². The molecule has 1 aromatic carbocycles. The maximum atomic E-state index is 10.8. The number of para-hydroxylation sites is 1. The summed E-state index contributed by atoms with van der Waals surface area (Å²) in [4.78, 5) is 10.8. The zero-order valence-corrected chi connectivity index (χ0v) is 17.5. The lowest BCUT2D eigenvalue weighted by molar-refractivity contribution is 0.209. The molecule has 0 unspecified atom stereocenters. The van der Waals surface area contributed by atoms with E-state index in [0.29, 0.717) is 0 Å². The van der Waals surface area contributed by atoms with E-state index in [9.17, 15) is 4.79 Å². The van der Waals surface area contributed by atoms with Gasteiger partial charge >= 0.3 is 6.09 Å². The van der Waals surface area contributed by atoms with Crippen LogP contribution in [0.15, 0.2) is 24.3 Å². The van der Waals surface area contributed by atoms with Crippen molar-refractivity contribution in [1.82, 2.24) is 0 Å². The SMILES string of the molecule is CCCCCCCCCCCCCCCCCc1ccccc1NC(=O)O. The lowest BCUT2D eigenvalue weighted by Crippen LogP contribution is -2.09. The molecule has 0 aromatic heterocycles. The summed E-state index contributed by atoms with van der Waals surface area (Å²) in [6, 6.07) is 7.72. The van der Waals surface area contributed by atoms with Gasteiger partial charge in [0.05, 0.1) is 0 Å². The molecule has 1 amide bonds. The average molecular weight is 376 g/mol. The van der Waals surface area contributed by atoms with E-state index in [0.717, 1.165) is 24.1 Å². The fourth-order valence-electron chi connectivity index (χ4n) is 3.66. The predicted octanol–water partition coefficient (Wildman–Crippen LogP) is 8.19. The number of hydrogen-bond acceptors (Lipinski definition) is 1. The van der Waals surface area contributed by atoms with Gasteiger partial charge in [-0.25, -0.2) is 4.79 Å². The smallest absolute Gasteiger partial charge is 0.409 e. The Kier molecular flexibility index (Phi) is 14.5. The normalized spacial score (nSPS) is 10.9. The number of unbranched alkanes of at least 4 members (excludes halogenated alkanes) is 14. The first-order valence-electron chi connectivity index (χ1n) is 11.3. The van der Waals surface area contributed by atoms with Crippen molar-refractivity contribution in [2.24, 2.45) is 0 Å². The Balaban J connectivity index is 1.90. The number of anilines is 1. The molecule has 0 aliphatic carbocycles. The number of amides is 1. The molecule has 0 radical (unpaired) electrons. The fourth-order valence-corrected chi connectivity index (χ4v) is 3.66. The first-order chi connectivity index (χ1) is 13.2. The third-order valence-corrected chi connectivity index (χ3v) is 5.31. The van der Waals surface area contributed by atoms with Crippen molar-refractivity contribution in [3.63, 3.8) is 0 Å². The summed E-state index contributed by atoms with van der Waals surface area (Å²) in [6.07, 6.45) is 20.5. The molecule has 27 heavy (non-hydrogen) atoms. The Hall–Kier alpha value is -1.51. The van der Waals surface area contributed by atoms with Gasteiger partial charge in [0.1, 0.15) is 0 Å². The van der Waals surface area contributed by atoms with Gasteiger partial charge in [-0.15, -0.1) is 0 Å². The number of carboxylic acid groups (broad SMARTS) is 1. The summed E-state index contributed by atoms with van der Waals surface area (Å²) in [5, 5.41) is 11.4. The van der Waals surface area contributed by atoms with Crippen LogP contribution < -0.4 is 5.32 Å². The Morgan fingerprint density at radius 2 is 1.19 bits per heavy atom. The third kappa shape index (κ3) is 13.3. The number of benzene rings is 1. The van der Waals surface area contributed by atoms with Crippen LogP contribution in [0.2, 0.25) is 0 Å². The van der Waals surface area contributed by atoms with Gasteiger partial charge in [-0.05, 0) is 24.5 Å². The molecule has 0 aliphatic heterocycles. The second-order valence-corrected chi connectivity index (χ2v) is 7.79. The van der Waals surface area contributed by atoms with E-state index in [4.69, 9.17) is 5.11 Å². The molecule has 3 nitrogen and oxygen atoms in total. The molecule has 1 rings (SSSR count). The molecule has 2 N–H and O–H groups in total. The molecule has 0 atom stereocenters. The fraction of sp³-hybridized carbons (Fsp3) is 0.708. The van der Waals surface area contributed by atoms with Crippen molar-refractivity contribution in [3.05, 3.63) is 29.8 Å². The van der Waals surface area contributed by atoms with Crippen molar-refractivity contribution < 1.29 is 9.90 Å². The Morgan fingerprint density at radius 1 is 0.741 bits per heavy atom. The first-order valence-corrected chi connectivity index (χ1v) is 11.3. The summed E-state index contributed by atoms with van der Waals surface area (Å²) in [7, 11) is 0. The molecule has 154 valence electrons. The first kappa shape index (κ1) is 23.5. The Labute approximate surface area is 167 Å². The maximum absolute atomic E-state index is 10.8. The van der Waals surface area contributed by atoms with Crippen LogP contribution >= 0.6 is 0 Å². The number of carbonyl (C=O) groups is 1. The molecule has 0 saturated carbocycles. The van der Waals surface area contributed by atoms with Crippen LogP contribution in [0.25, 0.3) is 0 Å². The zero-order chi connectivity index (χ0) is 19.6. The van der Waals surface area contributed by atoms with Gasteiger partial charge in [-0.3, -0.25) is 5.32 Å². The van der Waals surface area contributed by atoms with Crippen molar-refractivity contribution in [2.75, 3.05) is 5.32 Å². The number of rotatable bonds is 17. The minimum absolute atomic E-state index is 0.732. The number of aryl methyl sites for hydroxylation is 1. The van der Waals surface area contributed by atoms with Crippen LogP contribution in [-0.2, 0) is 6.42 Å². The van der Waals surface area contributed by atoms with Crippen LogP contribution in [0.4, 0.5) is 10.5 Å². The summed E-state index contributed by atoms with van der Waals surface area (Å²) in [6.45, 7) is 2.28. The van der Waals surface area contributed by atoms with E-state index in [1.807, 2.05) is 24.3 Å². The molecule has 3 heteroatoms. The minimum atomic E-state index is -0.987. The predicted molar refractivity (Wildman–Crippen MR) is 117 cm³/mol. The van der Waals surface area contributed by atoms with Crippen molar-refractivity contribution in [2.45, 2.75) is 110 Å². The van der Waals surface area contributed by atoms with Crippen LogP contribution in [0.3, 0.4) is 0 Å². The largest absolute Gasteiger partial charge is 0.465 e. The Morgan fingerprint density at radius 3 is 1.67 bits per heavy atom. The van der Waals surface area contributed by atoms with E-state index >= 15 is 0 Å². The molecule has 0 bridgehead atoms. The zero-order valence-electron chi connectivity index (χ0n) is 17.5. The summed E-state index contributed by atoms with van der Waals surface area (Å²) >= 11 is 0. The standard InChI is InChI=1S/C24H41NO2/c1-2-3-4-5-6-7-8-9-10-11-12-13-14-15-16-19-22-20-17-18-21-23(22)25-24(26)27/h17-18,20-21,25H,2-16,19H2,1H3,(H,26,27). The maximum Gasteiger partial charge on any atom is 0.409 e. The van der Waals surface area contributed by atoms with E-state index in [1.165, 1.54) is 89.9 Å². The molecule has 0 fully saturated rings. The summed E-state index contributed by atoms with van der Waals surface area (Å²) in [5.41, 5.74) is 1.84. The quantitative estimate of drug-likeness (QED) is 0.270. The van der Waals surface area contributed by atoms with Gasteiger partial charge in [0.2, 0.25) is 0 Å². The molecular weight excluding hydrogens is 334 g/mol. The monoisotopic (exact) mass is 375 g/mol. The molecule has 0 aliphatic rings. The molecule has 0 spiro atoms. The molecule has 0 saturated heterocycles. The van der Waals surface area contributed by atoms with Crippen LogP contribution in [-0.4, -0.2) is 11.2 Å². The highest BCUT2D eigenvalue weighted by molar-refractivity contribution is 5.83. The van der Waals surface area contributed by atoms with Crippen LogP contribution in [0.5, 0.6) is 0 Å². The number of nitrogens with one attached hydrogen (secondary N) is 1. The van der Waals surface area contributed by atoms with Gasteiger partial charge in [-0.2, -0.15) is 0 Å². The van der Waals surface area contributed by atoms with E-state index in [1.54, 1.807) is 0 Å². The highest BCUT2D eigenvalue weighted by atomic mass is 16.4. The lowest BCUT2D eigenvalue weighted by Gasteiger charge is -2.08. The van der Waals surface area contributed by atoms with Gasteiger partial charge < -0.3 is 5.11 Å². The molecular formula is C24H41NO2. The number of hydrogen-bond donors (Lipinski definition) is 2. The Bertz CT molecular complexity index is 487. The van der Waals surface area contributed by atoms with Gasteiger partial charge in [0.15, 0.2) is 0 Å². The van der Waals surface area contributed by atoms with E-state index < -0.39 is 6.09 Å². The topological polar surface area (TPSA) is 49.3 Å². The summed E-state index contributed by atoms with van der Waals surface area (Å²) < 4.78 is 0. The van der Waals surface area contributed by atoms with Crippen LogP contribution in [0.1, 0.15) is 109 Å². The van der Waals surface area contributed by atoms with Gasteiger partial charge in [0, 0.05) is 5.69 Å². The highest BCUT2D eigenvalue weighted by Crippen LogP contribution is 2.19. The molecule has 0 heterocycles. The van der Waals surface area contributed by atoms with Gasteiger partial charge in [0.25, 0.3) is 0 Å². The van der Waals surface area contributed by atoms with E-state index in [-0.39, 0.29) is 0 Å². The van der Waals surface area contributed by atoms with Crippen molar-refractivity contribution >= 4 is 11.8 Å². The molecule has 1 aromatic rings. The lowest BCUT2D eigenvalue weighted by atomic mass is 10.0.